The SMILES string of the molecule is O=c1nc(Cc2ccc(Br)cc2)o[nH]1. The van der Waals surface area contributed by atoms with Crippen LogP contribution in [0.3, 0.4) is 0 Å². The molecular weight excluding hydrogens is 248 g/mol. The fraction of sp³-hybridized carbons (Fsp3) is 0.111. The van der Waals surface area contributed by atoms with Crippen molar-refractivity contribution in [3.8, 4) is 0 Å². The van der Waals surface area contributed by atoms with E-state index in [0.717, 1.165) is 10.0 Å². The summed E-state index contributed by atoms with van der Waals surface area (Å²) in [6, 6.07) is 7.75. The van der Waals surface area contributed by atoms with Crippen LogP contribution in [0.1, 0.15) is 11.5 Å². The smallest absolute Gasteiger partial charge is 0.362 e. The summed E-state index contributed by atoms with van der Waals surface area (Å²) in [7, 11) is 0. The van der Waals surface area contributed by atoms with Crippen molar-refractivity contribution in [3.63, 3.8) is 0 Å². The van der Waals surface area contributed by atoms with E-state index in [1.54, 1.807) is 0 Å². The molecule has 0 saturated heterocycles. The summed E-state index contributed by atoms with van der Waals surface area (Å²) in [5.74, 6) is 0.400. The second kappa shape index (κ2) is 3.79. The molecular formula is C9H7BrN2O2. The van der Waals surface area contributed by atoms with E-state index >= 15 is 0 Å². The Hall–Kier alpha value is -1.36. The van der Waals surface area contributed by atoms with E-state index in [1.165, 1.54) is 0 Å². The van der Waals surface area contributed by atoms with E-state index in [1.807, 2.05) is 24.3 Å². The molecule has 2 aromatic rings. The molecule has 0 unspecified atom stereocenters. The molecule has 5 heteroatoms. The van der Waals surface area contributed by atoms with E-state index < -0.39 is 5.69 Å². The highest BCUT2D eigenvalue weighted by Gasteiger charge is 2.02. The fourth-order valence-electron chi connectivity index (χ4n) is 1.11. The van der Waals surface area contributed by atoms with Crippen LogP contribution in [0.4, 0.5) is 0 Å². The second-order valence-corrected chi connectivity index (χ2v) is 3.73. The predicted octanol–water partition coefficient (Wildman–Crippen LogP) is 1.72. The molecule has 72 valence electrons. The summed E-state index contributed by atoms with van der Waals surface area (Å²) < 4.78 is 5.86. The zero-order chi connectivity index (χ0) is 9.97. The largest absolute Gasteiger partial charge is 0.377 e. The summed E-state index contributed by atoms with van der Waals surface area (Å²) in [5.41, 5.74) is 0.598. The number of aromatic amines is 1. The first-order valence-corrected chi connectivity index (χ1v) is 4.82. The lowest BCUT2D eigenvalue weighted by molar-refractivity contribution is 0.380. The quantitative estimate of drug-likeness (QED) is 0.888. The molecule has 1 heterocycles. The van der Waals surface area contributed by atoms with Crippen LogP contribution in [0.25, 0.3) is 0 Å². The minimum atomic E-state index is -0.447. The number of H-pyrrole nitrogens is 1. The lowest BCUT2D eigenvalue weighted by atomic mass is 10.1. The Kier molecular flexibility index (Phi) is 2.49. The molecule has 4 nitrogen and oxygen atoms in total. The average Bonchev–Trinajstić information content (AvgIpc) is 2.56. The molecule has 1 aromatic heterocycles. The summed E-state index contributed by atoms with van der Waals surface area (Å²) in [6.07, 6.45) is 0.520. The van der Waals surface area contributed by atoms with Crippen molar-refractivity contribution in [2.45, 2.75) is 6.42 Å². The molecule has 0 aliphatic carbocycles. The van der Waals surface area contributed by atoms with E-state index in [0.29, 0.717) is 12.3 Å². The zero-order valence-electron chi connectivity index (χ0n) is 7.16. The van der Waals surface area contributed by atoms with Crippen molar-refractivity contribution >= 4 is 15.9 Å². The van der Waals surface area contributed by atoms with Gasteiger partial charge in [0.15, 0.2) is 0 Å². The highest BCUT2D eigenvalue weighted by molar-refractivity contribution is 9.10. The van der Waals surface area contributed by atoms with E-state index in [9.17, 15) is 4.79 Å². The van der Waals surface area contributed by atoms with Gasteiger partial charge in [0.1, 0.15) is 0 Å². The van der Waals surface area contributed by atoms with Crippen LogP contribution in [-0.4, -0.2) is 10.1 Å². The fourth-order valence-corrected chi connectivity index (χ4v) is 1.38. The monoisotopic (exact) mass is 254 g/mol. The molecule has 0 aliphatic rings. The molecule has 0 fully saturated rings. The molecule has 14 heavy (non-hydrogen) atoms. The summed E-state index contributed by atoms with van der Waals surface area (Å²) in [4.78, 5) is 14.3. The minimum absolute atomic E-state index is 0.400. The molecule has 0 bridgehead atoms. The van der Waals surface area contributed by atoms with Crippen LogP contribution < -0.4 is 5.69 Å². The number of nitrogens with one attached hydrogen (secondary N) is 1. The second-order valence-electron chi connectivity index (χ2n) is 2.82. The van der Waals surface area contributed by atoms with Gasteiger partial charge in [-0.1, -0.05) is 28.1 Å². The van der Waals surface area contributed by atoms with Gasteiger partial charge >= 0.3 is 5.69 Å². The number of hydrogen-bond acceptors (Lipinski definition) is 3. The van der Waals surface area contributed by atoms with Crippen LogP contribution in [0.2, 0.25) is 0 Å². The molecule has 0 saturated carbocycles. The standard InChI is InChI=1S/C9H7BrN2O2/c10-7-3-1-6(2-4-7)5-8-11-9(13)12-14-8/h1-4H,5H2,(H,12,13). The maximum absolute atomic E-state index is 10.7. The Labute approximate surface area is 88.1 Å². The van der Waals surface area contributed by atoms with Crippen molar-refractivity contribution in [2.24, 2.45) is 0 Å². The van der Waals surface area contributed by atoms with Crippen molar-refractivity contribution in [2.75, 3.05) is 0 Å². The third-order valence-electron chi connectivity index (χ3n) is 1.75. The van der Waals surface area contributed by atoms with Gasteiger partial charge in [-0.3, -0.25) is 0 Å². The Morgan fingerprint density at radius 1 is 1.36 bits per heavy atom. The zero-order valence-corrected chi connectivity index (χ0v) is 8.74. The number of nitrogens with zero attached hydrogens (tertiary/aromatic N) is 1. The maximum Gasteiger partial charge on any atom is 0.377 e. The molecule has 0 aliphatic heterocycles. The van der Waals surface area contributed by atoms with Gasteiger partial charge in [-0.05, 0) is 17.7 Å². The molecule has 0 atom stereocenters. The number of hydrogen-bond donors (Lipinski definition) is 1. The van der Waals surface area contributed by atoms with Crippen LogP contribution in [0.5, 0.6) is 0 Å². The summed E-state index contributed by atoms with van der Waals surface area (Å²) >= 11 is 3.34. The van der Waals surface area contributed by atoms with E-state index in [-0.39, 0.29) is 0 Å². The highest BCUT2D eigenvalue weighted by Crippen LogP contribution is 2.12. The minimum Gasteiger partial charge on any atom is -0.362 e. The average molecular weight is 255 g/mol. The van der Waals surface area contributed by atoms with Gasteiger partial charge in [0, 0.05) is 4.47 Å². The van der Waals surface area contributed by atoms with Gasteiger partial charge in [-0.15, -0.1) is 0 Å². The Morgan fingerprint density at radius 3 is 2.64 bits per heavy atom. The summed E-state index contributed by atoms with van der Waals surface area (Å²) in [5, 5.41) is 2.15. The highest BCUT2D eigenvalue weighted by atomic mass is 79.9. The molecule has 1 N–H and O–H groups in total. The van der Waals surface area contributed by atoms with Gasteiger partial charge < -0.3 is 4.52 Å². The lowest BCUT2D eigenvalue weighted by Crippen LogP contribution is -2.01. The lowest BCUT2D eigenvalue weighted by Gasteiger charge is -1.95. The van der Waals surface area contributed by atoms with Crippen molar-refractivity contribution in [1.82, 2.24) is 10.1 Å². The Balaban J connectivity index is 2.19. The molecule has 0 amide bonds. The molecule has 2 rings (SSSR count). The van der Waals surface area contributed by atoms with E-state index in [4.69, 9.17) is 4.52 Å². The van der Waals surface area contributed by atoms with Crippen LogP contribution >= 0.6 is 15.9 Å². The van der Waals surface area contributed by atoms with Gasteiger partial charge in [-0.25, -0.2) is 4.79 Å². The van der Waals surface area contributed by atoms with Gasteiger partial charge in [0.05, 0.1) is 6.42 Å². The third-order valence-corrected chi connectivity index (χ3v) is 2.28. The third kappa shape index (κ3) is 2.11. The van der Waals surface area contributed by atoms with Crippen molar-refractivity contribution in [3.05, 3.63) is 50.7 Å². The first-order valence-electron chi connectivity index (χ1n) is 4.03. The van der Waals surface area contributed by atoms with Crippen LogP contribution in [-0.2, 0) is 6.42 Å². The predicted molar refractivity (Wildman–Crippen MR) is 54.1 cm³/mol. The van der Waals surface area contributed by atoms with Crippen molar-refractivity contribution < 1.29 is 4.52 Å². The summed E-state index contributed by atoms with van der Waals surface area (Å²) in [6.45, 7) is 0. The molecule has 0 spiro atoms. The van der Waals surface area contributed by atoms with Gasteiger partial charge in [0.25, 0.3) is 0 Å². The Morgan fingerprint density at radius 2 is 2.07 bits per heavy atom. The van der Waals surface area contributed by atoms with Crippen molar-refractivity contribution in [1.29, 1.82) is 0 Å². The number of rotatable bonds is 2. The van der Waals surface area contributed by atoms with Crippen LogP contribution in [0.15, 0.2) is 38.1 Å². The Bertz CT molecular complexity index is 472. The number of halogens is 1. The first kappa shape index (κ1) is 9.21. The van der Waals surface area contributed by atoms with Gasteiger partial charge in [-0.2, -0.15) is 10.1 Å². The van der Waals surface area contributed by atoms with E-state index in [2.05, 4.69) is 26.1 Å². The topological polar surface area (TPSA) is 58.9 Å². The number of aromatic nitrogens is 2. The number of benzene rings is 1. The first-order chi connectivity index (χ1) is 6.74. The van der Waals surface area contributed by atoms with Crippen LogP contribution in [0, 0.1) is 0 Å². The normalized spacial score (nSPS) is 10.4. The molecule has 0 radical (unpaired) electrons. The maximum atomic E-state index is 10.7. The van der Waals surface area contributed by atoms with Gasteiger partial charge in [0.2, 0.25) is 5.89 Å². The molecule has 1 aromatic carbocycles.